The molecule has 0 aliphatic rings. The average Bonchev–Trinajstić information content (AvgIpc) is 2.53. The number of aromatic nitrogens is 2. The van der Waals surface area contributed by atoms with Crippen molar-refractivity contribution >= 4 is 12.2 Å². The van der Waals surface area contributed by atoms with E-state index in [1.807, 2.05) is 6.92 Å². The van der Waals surface area contributed by atoms with E-state index < -0.39 is 0 Å². The van der Waals surface area contributed by atoms with E-state index in [0.717, 1.165) is 24.8 Å². The largest absolute Gasteiger partial charge is 0.352 e. The maximum absolute atomic E-state index is 11.8. The lowest BCUT2D eigenvalue weighted by Gasteiger charge is -2.13. The van der Waals surface area contributed by atoms with Gasteiger partial charge in [-0.1, -0.05) is 13.3 Å². The van der Waals surface area contributed by atoms with Crippen molar-refractivity contribution in [1.82, 2.24) is 15.1 Å². The fraction of sp³-hybridized carbons (Fsp3) is 0.615. The molecular formula is C13H21N3O2. The van der Waals surface area contributed by atoms with E-state index in [2.05, 4.69) is 17.3 Å². The Labute approximate surface area is 108 Å². The number of carbonyl (C=O) groups excluding carboxylic acids is 2. The Morgan fingerprint density at radius 1 is 1.50 bits per heavy atom. The fourth-order valence-corrected chi connectivity index (χ4v) is 2.00. The van der Waals surface area contributed by atoms with Crippen LogP contribution >= 0.6 is 0 Å². The van der Waals surface area contributed by atoms with Crippen molar-refractivity contribution in [2.75, 3.05) is 0 Å². The van der Waals surface area contributed by atoms with Gasteiger partial charge in [0.1, 0.15) is 6.54 Å². The van der Waals surface area contributed by atoms with Crippen molar-refractivity contribution in [2.45, 2.75) is 53.1 Å². The fourth-order valence-electron chi connectivity index (χ4n) is 2.00. The summed E-state index contributed by atoms with van der Waals surface area (Å²) in [6, 6.07) is 0.171. The molecule has 1 atom stereocenters. The van der Waals surface area contributed by atoms with Crippen LogP contribution in [-0.2, 0) is 11.3 Å². The zero-order chi connectivity index (χ0) is 13.7. The SMILES string of the molecule is CCCC(C)NC(=O)Cn1nc(C)c(C=O)c1C. The van der Waals surface area contributed by atoms with Crippen LogP contribution in [0, 0.1) is 13.8 Å². The molecule has 0 aromatic carbocycles. The quantitative estimate of drug-likeness (QED) is 0.781. The highest BCUT2D eigenvalue weighted by atomic mass is 16.2. The third-order valence-corrected chi connectivity index (χ3v) is 2.98. The Morgan fingerprint density at radius 3 is 2.67 bits per heavy atom. The number of amides is 1. The number of hydrogen-bond donors (Lipinski definition) is 1. The Balaban J connectivity index is 2.68. The minimum atomic E-state index is -0.0704. The van der Waals surface area contributed by atoms with Crippen molar-refractivity contribution in [3.8, 4) is 0 Å². The second-order valence-electron chi connectivity index (χ2n) is 4.62. The van der Waals surface area contributed by atoms with Crippen molar-refractivity contribution in [3.05, 3.63) is 17.0 Å². The smallest absolute Gasteiger partial charge is 0.241 e. The molecule has 0 fully saturated rings. The van der Waals surface area contributed by atoms with Gasteiger partial charge in [-0.2, -0.15) is 5.10 Å². The Bertz CT molecular complexity index is 438. The normalized spacial score (nSPS) is 12.2. The molecule has 1 aromatic heterocycles. The molecule has 1 N–H and O–H groups in total. The van der Waals surface area contributed by atoms with Gasteiger partial charge in [-0.25, -0.2) is 0 Å². The first-order chi connectivity index (χ1) is 8.49. The van der Waals surface area contributed by atoms with E-state index in [-0.39, 0.29) is 18.5 Å². The molecule has 0 aliphatic heterocycles. The van der Waals surface area contributed by atoms with Crippen LogP contribution < -0.4 is 5.32 Å². The summed E-state index contributed by atoms with van der Waals surface area (Å²) in [4.78, 5) is 22.7. The summed E-state index contributed by atoms with van der Waals surface area (Å²) < 4.78 is 1.58. The molecule has 0 saturated heterocycles. The van der Waals surface area contributed by atoms with Gasteiger partial charge in [0.15, 0.2) is 6.29 Å². The summed E-state index contributed by atoms with van der Waals surface area (Å²) in [6.07, 6.45) is 2.78. The Morgan fingerprint density at radius 2 is 2.17 bits per heavy atom. The van der Waals surface area contributed by atoms with E-state index in [0.29, 0.717) is 11.3 Å². The van der Waals surface area contributed by atoms with Gasteiger partial charge in [0, 0.05) is 11.7 Å². The number of nitrogens with one attached hydrogen (secondary N) is 1. The zero-order valence-corrected chi connectivity index (χ0v) is 11.5. The van der Waals surface area contributed by atoms with Gasteiger partial charge in [0.05, 0.1) is 11.3 Å². The third-order valence-electron chi connectivity index (χ3n) is 2.98. The molecule has 0 spiro atoms. The second kappa shape index (κ2) is 6.33. The lowest BCUT2D eigenvalue weighted by molar-refractivity contribution is -0.122. The lowest BCUT2D eigenvalue weighted by atomic mass is 10.2. The Hall–Kier alpha value is -1.65. The molecule has 100 valence electrons. The first-order valence-electron chi connectivity index (χ1n) is 6.28. The minimum absolute atomic E-state index is 0.0704. The molecule has 18 heavy (non-hydrogen) atoms. The van der Waals surface area contributed by atoms with Crippen LogP contribution in [-0.4, -0.2) is 28.0 Å². The summed E-state index contributed by atoms with van der Waals surface area (Å²) in [5.41, 5.74) is 1.97. The first-order valence-corrected chi connectivity index (χ1v) is 6.28. The molecule has 1 aromatic rings. The van der Waals surface area contributed by atoms with Gasteiger partial charge in [0.25, 0.3) is 0 Å². The van der Waals surface area contributed by atoms with Crippen LogP contribution in [0.25, 0.3) is 0 Å². The van der Waals surface area contributed by atoms with Crippen LogP contribution in [0.3, 0.4) is 0 Å². The maximum Gasteiger partial charge on any atom is 0.241 e. The van der Waals surface area contributed by atoms with E-state index in [9.17, 15) is 9.59 Å². The standard InChI is InChI=1S/C13H21N3O2/c1-5-6-9(2)14-13(18)7-16-11(4)12(8-17)10(3)15-16/h8-9H,5-7H2,1-4H3,(H,14,18). The summed E-state index contributed by atoms with van der Waals surface area (Å²) in [6.45, 7) is 7.80. The predicted octanol–water partition coefficient (Wildman–Crippen LogP) is 1.62. The molecule has 0 bridgehead atoms. The van der Waals surface area contributed by atoms with Crippen LogP contribution in [0.4, 0.5) is 0 Å². The van der Waals surface area contributed by atoms with Gasteiger partial charge in [0.2, 0.25) is 5.91 Å². The van der Waals surface area contributed by atoms with E-state index in [1.54, 1.807) is 18.5 Å². The van der Waals surface area contributed by atoms with Gasteiger partial charge in [-0.3, -0.25) is 14.3 Å². The summed E-state index contributed by atoms with van der Waals surface area (Å²) >= 11 is 0. The highest BCUT2D eigenvalue weighted by Gasteiger charge is 2.14. The molecule has 0 saturated carbocycles. The van der Waals surface area contributed by atoms with Crippen molar-refractivity contribution in [1.29, 1.82) is 0 Å². The molecule has 0 aliphatic carbocycles. The summed E-state index contributed by atoms with van der Waals surface area (Å²) in [5, 5.41) is 7.11. The summed E-state index contributed by atoms with van der Waals surface area (Å²) in [5.74, 6) is -0.0704. The zero-order valence-electron chi connectivity index (χ0n) is 11.5. The molecule has 1 unspecified atom stereocenters. The maximum atomic E-state index is 11.8. The third kappa shape index (κ3) is 3.42. The number of rotatable bonds is 6. The number of hydrogen-bond acceptors (Lipinski definition) is 3. The van der Waals surface area contributed by atoms with Crippen LogP contribution in [0.2, 0.25) is 0 Å². The van der Waals surface area contributed by atoms with E-state index in [1.165, 1.54) is 0 Å². The van der Waals surface area contributed by atoms with Crippen molar-refractivity contribution in [3.63, 3.8) is 0 Å². The van der Waals surface area contributed by atoms with Crippen LogP contribution in [0.15, 0.2) is 0 Å². The van der Waals surface area contributed by atoms with Gasteiger partial charge in [-0.05, 0) is 27.2 Å². The molecule has 5 nitrogen and oxygen atoms in total. The number of nitrogens with zero attached hydrogens (tertiary/aromatic N) is 2. The molecule has 1 amide bonds. The van der Waals surface area contributed by atoms with E-state index >= 15 is 0 Å². The molecular weight excluding hydrogens is 230 g/mol. The molecule has 1 rings (SSSR count). The molecule has 0 radical (unpaired) electrons. The van der Waals surface area contributed by atoms with Crippen LogP contribution in [0.5, 0.6) is 0 Å². The van der Waals surface area contributed by atoms with Crippen molar-refractivity contribution < 1.29 is 9.59 Å². The van der Waals surface area contributed by atoms with E-state index in [4.69, 9.17) is 0 Å². The average molecular weight is 251 g/mol. The molecule has 1 heterocycles. The monoisotopic (exact) mass is 251 g/mol. The topological polar surface area (TPSA) is 64.0 Å². The number of aldehydes is 1. The summed E-state index contributed by atoms with van der Waals surface area (Å²) in [7, 11) is 0. The highest BCUT2D eigenvalue weighted by molar-refractivity contribution is 5.79. The number of aryl methyl sites for hydroxylation is 1. The highest BCUT2D eigenvalue weighted by Crippen LogP contribution is 2.09. The first kappa shape index (κ1) is 14.4. The number of carbonyl (C=O) groups is 2. The predicted molar refractivity (Wildman–Crippen MR) is 69.6 cm³/mol. The second-order valence-corrected chi connectivity index (χ2v) is 4.62. The Kier molecular flexibility index (Phi) is 5.07. The van der Waals surface area contributed by atoms with Crippen molar-refractivity contribution in [2.24, 2.45) is 0 Å². The van der Waals surface area contributed by atoms with Gasteiger partial charge >= 0.3 is 0 Å². The van der Waals surface area contributed by atoms with Crippen LogP contribution in [0.1, 0.15) is 48.4 Å². The van der Waals surface area contributed by atoms with Gasteiger partial charge < -0.3 is 5.32 Å². The minimum Gasteiger partial charge on any atom is -0.352 e. The molecule has 5 heteroatoms. The van der Waals surface area contributed by atoms with Gasteiger partial charge in [-0.15, -0.1) is 0 Å². The lowest BCUT2D eigenvalue weighted by Crippen LogP contribution is -2.35.